The van der Waals surface area contributed by atoms with Crippen LogP contribution in [0.4, 0.5) is 0 Å². The summed E-state index contributed by atoms with van der Waals surface area (Å²) in [5, 5.41) is 2.06. The van der Waals surface area contributed by atoms with Gasteiger partial charge in [0, 0.05) is 30.5 Å². The summed E-state index contributed by atoms with van der Waals surface area (Å²) in [6.45, 7) is 3.22. The number of hydrogen-bond donors (Lipinski definition) is 0. The number of rotatable bonds is 1. The van der Waals surface area contributed by atoms with Crippen LogP contribution in [0.3, 0.4) is 0 Å². The maximum Gasteiger partial charge on any atom is 0.303 e. The van der Waals surface area contributed by atoms with Crippen LogP contribution in [0.1, 0.15) is 23.5 Å². The topological polar surface area (TPSA) is 29.5 Å². The summed E-state index contributed by atoms with van der Waals surface area (Å²) < 4.78 is 5.27. The van der Waals surface area contributed by atoms with Crippen LogP contribution >= 0.6 is 11.3 Å². The molecule has 2 heterocycles. The van der Waals surface area contributed by atoms with Crippen molar-refractivity contribution < 1.29 is 9.53 Å². The Morgan fingerprint density at radius 3 is 3.21 bits per heavy atom. The molecule has 1 atom stereocenters. The molecular formula is C10H13NO2S. The summed E-state index contributed by atoms with van der Waals surface area (Å²) in [7, 11) is 2.04. The van der Waals surface area contributed by atoms with E-state index in [2.05, 4.69) is 16.3 Å². The second-order valence-electron chi connectivity index (χ2n) is 3.59. The van der Waals surface area contributed by atoms with Crippen LogP contribution in [-0.2, 0) is 16.1 Å². The van der Waals surface area contributed by atoms with Crippen LogP contribution in [-0.4, -0.2) is 24.5 Å². The zero-order valence-corrected chi connectivity index (χ0v) is 9.13. The molecule has 3 nitrogen and oxygen atoms in total. The molecule has 0 saturated heterocycles. The van der Waals surface area contributed by atoms with Crippen molar-refractivity contribution in [2.75, 3.05) is 13.6 Å². The number of nitrogens with zero attached hydrogens (tertiary/aromatic N) is 1. The predicted molar refractivity (Wildman–Crippen MR) is 55.2 cm³/mol. The number of thiophene rings is 1. The first-order chi connectivity index (χ1) is 6.66. The molecule has 0 saturated carbocycles. The maximum absolute atomic E-state index is 10.9. The summed E-state index contributed by atoms with van der Waals surface area (Å²) in [6, 6.07) is 2.06. The number of likely N-dealkylation sites (N-methyl/N-ethyl adjacent to an activating group) is 1. The summed E-state index contributed by atoms with van der Waals surface area (Å²) in [5.41, 5.74) is 1.18. The normalized spacial score (nSPS) is 21.7. The van der Waals surface area contributed by atoms with Gasteiger partial charge in [0.2, 0.25) is 0 Å². The van der Waals surface area contributed by atoms with Crippen LogP contribution in [0.5, 0.6) is 0 Å². The first-order valence-electron chi connectivity index (χ1n) is 4.59. The number of esters is 1. The Labute approximate surface area is 87.3 Å². The van der Waals surface area contributed by atoms with Crippen molar-refractivity contribution in [2.45, 2.75) is 19.6 Å². The lowest BCUT2D eigenvalue weighted by atomic mass is 10.1. The highest BCUT2D eigenvalue weighted by molar-refractivity contribution is 7.10. The Morgan fingerprint density at radius 1 is 1.71 bits per heavy atom. The number of hydrogen-bond acceptors (Lipinski definition) is 4. The summed E-state index contributed by atoms with van der Waals surface area (Å²) in [5.74, 6) is -0.206. The van der Waals surface area contributed by atoms with Gasteiger partial charge in [0.1, 0.15) is 6.10 Å². The Hall–Kier alpha value is -0.870. The molecule has 76 valence electrons. The molecule has 0 bridgehead atoms. The lowest BCUT2D eigenvalue weighted by molar-refractivity contribution is -0.148. The Kier molecular flexibility index (Phi) is 2.56. The van der Waals surface area contributed by atoms with E-state index in [4.69, 9.17) is 4.74 Å². The van der Waals surface area contributed by atoms with Gasteiger partial charge in [-0.05, 0) is 18.5 Å². The van der Waals surface area contributed by atoms with Gasteiger partial charge in [-0.2, -0.15) is 0 Å². The molecule has 1 aliphatic rings. The highest BCUT2D eigenvalue weighted by Gasteiger charge is 2.26. The molecule has 0 N–H and O–H groups in total. The maximum atomic E-state index is 10.9. The quantitative estimate of drug-likeness (QED) is 0.663. The lowest BCUT2D eigenvalue weighted by Crippen LogP contribution is -2.31. The van der Waals surface area contributed by atoms with E-state index in [1.807, 2.05) is 7.05 Å². The van der Waals surface area contributed by atoms with Crippen LogP contribution in [0.25, 0.3) is 0 Å². The number of carbonyl (C=O) groups is 1. The van der Waals surface area contributed by atoms with E-state index in [-0.39, 0.29) is 12.1 Å². The van der Waals surface area contributed by atoms with Crippen LogP contribution in [0.15, 0.2) is 11.4 Å². The predicted octanol–water partition coefficient (Wildman–Crippen LogP) is 1.80. The average molecular weight is 211 g/mol. The Morgan fingerprint density at radius 2 is 2.50 bits per heavy atom. The molecule has 0 aromatic carbocycles. The highest BCUT2D eigenvalue weighted by Crippen LogP contribution is 2.32. The van der Waals surface area contributed by atoms with Crippen LogP contribution in [0, 0.1) is 0 Å². The molecule has 4 heteroatoms. The van der Waals surface area contributed by atoms with Gasteiger partial charge in [-0.1, -0.05) is 0 Å². The number of fused-ring (bicyclic) bond motifs is 1. The van der Waals surface area contributed by atoms with Crippen molar-refractivity contribution in [2.24, 2.45) is 0 Å². The minimum atomic E-state index is -0.206. The van der Waals surface area contributed by atoms with Crippen molar-refractivity contribution in [3.63, 3.8) is 0 Å². The van der Waals surface area contributed by atoms with E-state index < -0.39 is 0 Å². The molecule has 0 spiro atoms. The Balaban J connectivity index is 2.23. The third-order valence-corrected chi connectivity index (χ3v) is 3.25. The van der Waals surface area contributed by atoms with Gasteiger partial charge in [-0.25, -0.2) is 0 Å². The van der Waals surface area contributed by atoms with Crippen molar-refractivity contribution in [1.29, 1.82) is 0 Å². The molecular weight excluding hydrogens is 198 g/mol. The van der Waals surface area contributed by atoms with Gasteiger partial charge < -0.3 is 4.74 Å². The van der Waals surface area contributed by atoms with Gasteiger partial charge >= 0.3 is 5.97 Å². The second kappa shape index (κ2) is 3.71. The minimum Gasteiger partial charge on any atom is -0.456 e. The highest BCUT2D eigenvalue weighted by atomic mass is 32.1. The van der Waals surface area contributed by atoms with Crippen LogP contribution in [0.2, 0.25) is 0 Å². The van der Waals surface area contributed by atoms with E-state index in [1.165, 1.54) is 17.4 Å². The first kappa shape index (κ1) is 9.68. The molecule has 1 aliphatic heterocycles. The largest absolute Gasteiger partial charge is 0.456 e. The summed E-state index contributed by atoms with van der Waals surface area (Å²) in [6.07, 6.45) is -0.0764. The summed E-state index contributed by atoms with van der Waals surface area (Å²) >= 11 is 1.73. The van der Waals surface area contributed by atoms with Crippen molar-refractivity contribution in [3.8, 4) is 0 Å². The molecule has 0 radical (unpaired) electrons. The van der Waals surface area contributed by atoms with Crippen molar-refractivity contribution in [3.05, 3.63) is 21.9 Å². The van der Waals surface area contributed by atoms with Gasteiger partial charge in [0.05, 0.1) is 0 Å². The zero-order chi connectivity index (χ0) is 10.1. The third kappa shape index (κ3) is 1.81. The average Bonchev–Trinajstić information content (AvgIpc) is 2.50. The Bertz CT molecular complexity index is 348. The fourth-order valence-corrected chi connectivity index (χ4v) is 2.77. The van der Waals surface area contributed by atoms with E-state index in [1.54, 1.807) is 11.3 Å². The molecule has 0 aliphatic carbocycles. The molecule has 14 heavy (non-hydrogen) atoms. The minimum absolute atomic E-state index is 0.0764. The zero-order valence-electron chi connectivity index (χ0n) is 8.32. The van der Waals surface area contributed by atoms with E-state index >= 15 is 0 Å². The molecule has 1 aromatic heterocycles. The lowest BCUT2D eigenvalue weighted by Gasteiger charge is -2.29. The molecule has 1 aromatic rings. The van der Waals surface area contributed by atoms with Crippen LogP contribution < -0.4 is 0 Å². The van der Waals surface area contributed by atoms with Gasteiger partial charge in [-0.15, -0.1) is 11.3 Å². The molecule has 2 rings (SSSR count). The van der Waals surface area contributed by atoms with E-state index in [0.717, 1.165) is 13.1 Å². The number of ether oxygens (including phenoxy) is 1. The van der Waals surface area contributed by atoms with E-state index in [9.17, 15) is 4.79 Å². The molecule has 0 fully saturated rings. The van der Waals surface area contributed by atoms with Crippen molar-refractivity contribution >= 4 is 17.3 Å². The summed E-state index contributed by atoms with van der Waals surface area (Å²) in [4.78, 5) is 14.4. The number of carbonyl (C=O) groups excluding carboxylic acids is 1. The standard InChI is InChI=1S/C10H13NO2S/c1-7(12)13-9-5-11(2)6-10-8(9)3-4-14-10/h3-4,9H,5-6H2,1-2H3. The van der Waals surface area contributed by atoms with Gasteiger partial charge in [0.15, 0.2) is 0 Å². The fourth-order valence-electron chi connectivity index (χ4n) is 1.76. The second-order valence-corrected chi connectivity index (χ2v) is 4.59. The smallest absolute Gasteiger partial charge is 0.303 e. The first-order valence-corrected chi connectivity index (χ1v) is 5.47. The third-order valence-electron chi connectivity index (χ3n) is 2.33. The van der Waals surface area contributed by atoms with Gasteiger partial charge in [0.25, 0.3) is 0 Å². The van der Waals surface area contributed by atoms with E-state index in [0.29, 0.717) is 0 Å². The van der Waals surface area contributed by atoms with Crippen molar-refractivity contribution in [1.82, 2.24) is 4.90 Å². The van der Waals surface area contributed by atoms with Gasteiger partial charge in [-0.3, -0.25) is 9.69 Å². The molecule has 0 amide bonds. The fraction of sp³-hybridized carbons (Fsp3) is 0.500. The molecule has 1 unspecified atom stereocenters. The monoisotopic (exact) mass is 211 g/mol. The SMILES string of the molecule is CC(=O)OC1CN(C)Cc2sccc21.